The van der Waals surface area contributed by atoms with E-state index in [1.807, 2.05) is 17.0 Å². The van der Waals surface area contributed by atoms with Gasteiger partial charge in [-0.1, -0.05) is 20.8 Å². The molecule has 2 amide bonds. The summed E-state index contributed by atoms with van der Waals surface area (Å²) in [5.74, 6) is 1.57. The third-order valence-electron chi connectivity index (χ3n) is 4.74. The maximum Gasteiger partial charge on any atom is 0.350 e. The SMILES string of the molecule is CC(C)CNC1=NC(=O)N(c2cccnc2)C12CCNCC2C. The summed E-state index contributed by atoms with van der Waals surface area (Å²) in [6.07, 6.45) is 4.31. The molecular formula is C17H25N5O. The van der Waals surface area contributed by atoms with E-state index in [0.29, 0.717) is 5.92 Å². The molecule has 124 valence electrons. The average Bonchev–Trinajstić information content (AvgIpc) is 2.82. The van der Waals surface area contributed by atoms with Crippen molar-refractivity contribution in [2.24, 2.45) is 16.8 Å². The minimum atomic E-state index is -0.403. The number of hydrogen-bond acceptors (Lipinski definition) is 4. The first kappa shape index (κ1) is 15.9. The van der Waals surface area contributed by atoms with Gasteiger partial charge < -0.3 is 10.6 Å². The van der Waals surface area contributed by atoms with Gasteiger partial charge >= 0.3 is 6.03 Å². The van der Waals surface area contributed by atoms with Gasteiger partial charge in [0.2, 0.25) is 0 Å². The summed E-state index contributed by atoms with van der Waals surface area (Å²) in [6, 6.07) is 3.60. The lowest BCUT2D eigenvalue weighted by Gasteiger charge is -2.46. The van der Waals surface area contributed by atoms with Crippen LogP contribution in [0.5, 0.6) is 0 Å². The number of nitrogens with one attached hydrogen (secondary N) is 2. The molecule has 1 aromatic rings. The van der Waals surface area contributed by atoms with E-state index in [1.165, 1.54) is 0 Å². The predicted octanol–water partition coefficient (Wildman–Crippen LogP) is 2.03. The number of amides is 2. The number of aliphatic imine (C=N–C) groups is 1. The van der Waals surface area contributed by atoms with Crippen LogP contribution >= 0.6 is 0 Å². The number of piperidine rings is 1. The lowest BCUT2D eigenvalue weighted by molar-refractivity contribution is 0.240. The first-order chi connectivity index (χ1) is 11.1. The molecule has 0 aliphatic carbocycles. The molecule has 2 atom stereocenters. The average molecular weight is 315 g/mol. The first-order valence-corrected chi connectivity index (χ1v) is 8.33. The van der Waals surface area contributed by atoms with Crippen LogP contribution in [0.1, 0.15) is 27.2 Å². The molecule has 0 saturated carbocycles. The van der Waals surface area contributed by atoms with Crippen LogP contribution in [0.4, 0.5) is 10.5 Å². The molecule has 2 N–H and O–H groups in total. The van der Waals surface area contributed by atoms with Crippen molar-refractivity contribution >= 4 is 17.6 Å². The van der Waals surface area contributed by atoms with E-state index in [9.17, 15) is 4.79 Å². The summed E-state index contributed by atoms with van der Waals surface area (Å²) < 4.78 is 0. The summed E-state index contributed by atoms with van der Waals surface area (Å²) in [5.41, 5.74) is 0.414. The number of nitrogens with zero attached hydrogens (tertiary/aromatic N) is 3. The number of carbonyl (C=O) groups is 1. The molecule has 3 heterocycles. The van der Waals surface area contributed by atoms with Crippen molar-refractivity contribution in [3.05, 3.63) is 24.5 Å². The maximum atomic E-state index is 12.7. The lowest BCUT2D eigenvalue weighted by atomic mass is 9.77. The third kappa shape index (κ3) is 2.72. The Kier molecular flexibility index (Phi) is 4.35. The highest BCUT2D eigenvalue weighted by Gasteiger charge is 2.54. The van der Waals surface area contributed by atoms with E-state index in [1.54, 1.807) is 12.4 Å². The number of rotatable bonds is 3. The minimum absolute atomic E-state index is 0.196. The van der Waals surface area contributed by atoms with Crippen LogP contribution in [0.15, 0.2) is 29.5 Å². The van der Waals surface area contributed by atoms with E-state index < -0.39 is 5.54 Å². The van der Waals surface area contributed by atoms with Gasteiger partial charge in [-0.25, -0.2) is 4.79 Å². The monoisotopic (exact) mass is 315 g/mol. The molecule has 6 nitrogen and oxygen atoms in total. The molecule has 2 unspecified atom stereocenters. The van der Waals surface area contributed by atoms with Crippen LogP contribution < -0.4 is 15.5 Å². The number of pyridine rings is 1. The molecular weight excluding hydrogens is 290 g/mol. The smallest absolute Gasteiger partial charge is 0.350 e. The van der Waals surface area contributed by atoms with Gasteiger partial charge in [-0.3, -0.25) is 9.88 Å². The number of anilines is 1. The molecule has 0 bridgehead atoms. The summed E-state index contributed by atoms with van der Waals surface area (Å²) in [5, 5.41) is 6.86. The zero-order chi connectivity index (χ0) is 16.4. The van der Waals surface area contributed by atoms with Gasteiger partial charge in [0.15, 0.2) is 0 Å². The van der Waals surface area contributed by atoms with E-state index in [-0.39, 0.29) is 11.9 Å². The Labute approximate surface area is 137 Å². The van der Waals surface area contributed by atoms with E-state index >= 15 is 0 Å². The van der Waals surface area contributed by atoms with Crippen LogP contribution in [0.25, 0.3) is 0 Å². The number of urea groups is 1. The fraction of sp³-hybridized carbons (Fsp3) is 0.588. The van der Waals surface area contributed by atoms with Crippen LogP contribution in [-0.4, -0.2) is 42.0 Å². The fourth-order valence-corrected chi connectivity index (χ4v) is 3.54. The third-order valence-corrected chi connectivity index (χ3v) is 4.74. The summed E-state index contributed by atoms with van der Waals surface area (Å²) in [6.45, 7) is 9.04. The van der Waals surface area contributed by atoms with Crippen molar-refractivity contribution in [2.75, 3.05) is 24.5 Å². The highest BCUT2D eigenvalue weighted by molar-refractivity contribution is 6.16. The Balaban J connectivity index is 2.01. The van der Waals surface area contributed by atoms with Crippen molar-refractivity contribution in [1.29, 1.82) is 0 Å². The zero-order valence-corrected chi connectivity index (χ0v) is 14.0. The Morgan fingerprint density at radius 3 is 3.00 bits per heavy atom. The van der Waals surface area contributed by atoms with Crippen molar-refractivity contribution in [1.82, 2.24) is 15.6 Å². The van der Waals surface area contributed by atoms with E-state index in [0.717, 1.165) is 37.6 Å². The maximum absolute atomic E-state index is 12.7. The molecule has 6 heteroatoms. The summed E-state index contributed by atoms with van der Waals surface area (Å²) >= 11 is 0. The largest absolute Gasteiger partial charge is 0.371 e. The van der Waals surface area contributed by atoms with Gasteiger partial charge in [0.1, 0.15) is 11.4 Å². The lowest BCUT2D eigenvalue weighted by Crippen LogP contribution is -2.65. The normalized spacial score (nSPS) is 27.7. The van der Waals surface area contributed by atoms with E-state index in [2.05, 4.69) is 41.4 Å². The number of aromatic nitrogens is 1. The summed E-state index contributed by atoms with van der Waals surface area (Å²) in [4.78, 5) is 23.1. The molecule has 0 aromatic carbocycles. The zero-order valence-electron chi connectivity index (χ0n) is 14.0. The van der Waals surface area contributed by atoms with Gasteiger partial charge in [-0.05, 0) is 36.9 Å². The molecule has 2 aliphatic heterocycles. The first-order valence-electron chi connectivity index (χ1n) is 8.33. The standard InChI is InChI=1S/C17H25N5O/c1-12(2)9-20-15-17(6-8-19-10-13(17)3)22(16(23)21-15)14-5-4-7-18-11-14/h4-5,7,11-13,19H,6,8-10H2,1-3H3,(H,20,21,23). The van der Waals surface area contributed by atoms with Crippen LogP contribution in [-0.2, 0) is 0 Å². The van der Waals surface area contributed by atoms with E-state index in [4.69, 9.17) is 0 Å². The number of hydrogen-bond donors (Lipinski definition) is 2. The van der Waals surface area contributed by atoms with Crippen molar-refractivity contribution in [3.63, 3.8) is 0 Å². The molecule has 1 saturated heterocycles. The second-order valence-electron chi connectivity index (χ2n) is 6.84. The van der Waals surface area contributed by atoms with Crippen molar-refractivity contribution in [2.45, 2.75) is 32.7 Å². The second kappa shape index (κ2) is 6.28. The van der Waals surface area contributed by atoms with Gasteiger partial charge in [-0.15, -0.1) is 0 Å². The van der Waals surface area contributed by atoms with Crippen LogP contribution in [0, 0.1) is 11.8 Å². The predicted molar refractivity (Wildman–Crippen MR) is 91.8 cm³/mol. The van der Waals surface area contributed by atoms with Gasteiger partial charge in [0, 0.05) is 19.3 Å². The van der Waals surface area contributed by atoms with Crippen molar-refractivity contribution in [3.8, 4) is 0 Å². The van der Waals surface area contributed by atoms with Crippen LogP contribution in [0.3, 0.4) is 0 Å². The molecule has 3 rings (SSSR count). The quantitative estimate of drug-likeness (QED) is 0.895. The Morgan fingerprint density at radius 2 is 2.35 bits per heavy atom. The highest BCUT2D eigenvalue weighted by atomic mass is 16.2. The van der Waals surface area contributed by atoms with Crippen LogP contribution in [0.2, 0.25) is 0 Å². The topological polar surface area (TPSA) is 69.6 Å². The molecule has 0 radical (unpaired) electrons. The number of amidine groups is 1. The minimum Gasteiger partial charge on any atom is -0.371 e. The van der Waals surface area contributed by atoms with Gasteiger partial charge in [0.25, 0.3) is 0 Å². The van der Waals surface area contributed by atoms with Crippen molar-refractivity contribution < 1.29 is 4.79 Å². The van der Waals surface area contributed by atoms with Gasteiger partial charge in [-0.2, -0.15) is 4.99 Å². The fourth-order valence-electron chi connectivity index (χ4n) is 3.54. The Hall–Kier alpha value is -1.95. The molecule has 2 aliphatic rings. The molecule has 23 heavy (non-hydrogen) atoms. The Bertz CT molecular complexity index is 600. The highest BCUT2D eigenvalue weighted by Crippen LogP contribution is 2.39. The number of carbonyl (C=O) groups excluding carboxylic acids is 1. The summed E-state index contributed by atoms with van der Waals surface area (Å²) in [7, 11) is 0. The molecule has 1 spiro atoms. The molecule has 1 aromatic heterocycles. The second-order valence-corrected chi connectivity index (χ2v) is 6.84. The Morgan fingerprint density at radius 1 is 1.52 bits per heavy atom. The molecule has 1 fully saturated rings. The van der Waals surface area contributed by atoms with Gasteiger partial charge in [0.05, 0.1) is 11.9 Å².